The SMILES string of the molecule is COC(=O)C(C)Sc1ccccc1C(=O)NCC(=O)NCc1ccccc1. The standard InChI is InChI=1S/C20H22N2O4S/c1-14(20(25)26-2)27-17-11-7-6-10-16(17)19(24)22-13-18(23)21-12-15-8-4-3-5-9-15/h3-11,14H,12-13H2,1-2H3,(H,21,23)(H,22,24). The van der Waals surface area contributed by atoms with Gasteiger partial charge < -0.3 is 15.4 Å². The zero-order valence-corrected chi connectivity index (χ0v) is 16.0. The molecule has 142 valence electrons. The van der Waals surface area contributed by atoms with Crippen LogP contribution in [0.25, 0.3) is 0 Å². The lowest BCUT2D eigenvalue weighted by Crippen LogP contribution is -2.36. The van der Waals surface area contributed by atoms with Crippen LogP contribution < -0.4 is 10.6 Å². The summed E-state index contributed by atoms with van der Waals surface area (Å²) in [6, 6.07) is 16.5. The quantitative estimate of drug-likeness (QED) is 0.538. The van der Waals surface area contributed by atoms with E-state index in [0.717, 1.165) is 5.56 Å². The lowest BCUT2D eigenvalue weighted by molar-refractivity contribution is -0.139. The van der Waals surface area contributed by atoms with Gasteiger partial charge in [-0.15, -0.1) is 11.8 Å². The van der Waals surface area contributed by atoms with E-state index in [1.165, 1.54) is 18.9 Å². The van der Waals surface area contributed by atoms with Crippen LogP contribution in [0.1, 0.15) is 22.8 Å². The summed E-state index contributed by atoms with van der Waals surface area (Å²) in [6.07, 6.45) is 0. The third-order valence-electron chi connectivity index (χ3n) is 3.71. The van der Waals surface area contributed by atoms with Crippen molar-refractivity contribution in [1.29, 1.82) is 0 Å². The molecule has 2 rings (SSSR count). The van der Waals surface area contributed by atoms with Crippen molar-refractivity contribution in [2.45, 2.75) is 23.6 Å². The van der Waals surface area contributed by atoms with Crippen molar-refractivity contribution in [1.82, 2.24) is 10.6 Å². The molecule has 27 heavy (non-hydrogen) atoms. The summed E-state index contributed by atoms with van der Waals surface area (Å²) in [5.74, 6) is -1.01. The number of esters is 1. The Balaban J connectivity index is 1.90. The molecule has 0 aliphatic carbocycles. The molecule has 0 radical (unpaired) electrons. The van der Waals surface area contributed by atoms with Crippen LogP contribution in [0.2, 0.25) is 0 Å². The first-order chi connectivity index (χ1) is 13.0. The first-order valence-electron chi connectivity index (χ1n) is 8.43. The molecule has 0 bridgehead atoms. The van der Waals surface area contributed by atoms with Crippen LogP contribution in [0.5, 0.6) is 0 Å². The molecular weight excluding hydrogens is 364 g/mol. The maximum Gasteiger partial charge on any atom is 0.318 e. The topological polar surface area (TPSA) is 84.5 Å². The number of hydrogen-bond donors (Lipinski definition) is 2. The zero-order valence-electron chi connectivity index (χ0n) is 15.2. The van der Waals surface area contributed by atoms with Crippen LogP contribution in [0.15, 0.2) is 59.5 Å². The van der Waals surface area contributed by atoms with Gasteiger partial charge in [0.05, 0.1) is 19.2 Å². The van der Waals surface area contributed by atoms with Gasteiger partial charge in [0, 0.05) is 11.4 Å². The van der Waals surface area contributed by atoms with Gasteiger partial charge in [-0.25, -0.2) is 0 Å². The van der Waals surface area contributed by atoms with Gasteiger partial charge in [-0.1, -0.05) is 42.5 Å². The fourth-order valence-electron chi connectivity index (χ4n) is 2.28. The number of rotatable bonds is 8. The Kier molecular flexibility index (Phi) is 7.88. The number of nitrogens with one attached hydrogen (secondary N) is 2. The number of carbonyl (C=O) groups excluding carboxylic acids is 3. The number of benzene rings is 2. The lowest BCUT2D eigenvalue weighted by atomic mass is 10.2. The number of ether oxygens (including phenoxy) is 1. The summed E-state index contributed by atoms with van der Waals surface area (Å²) < 4.78 is 4.71. The fraction of sp³-hybridized carbons (Fsp3) is 0.250. The molecule has 0 spiro atoms. The van der Waals surface area contributed by atoms with E-state index in [1.54, 1.807) is 31.2 Å². The molecule has 7 heteroatoms. The molecule has 6 nitrogen and oxygen atoms in total. The van der Waals surface area contributed by atoms with Crippen LogP contribution in [-0.2, 0) is 20.9 Å². The van der Waals surface area contributed by atoms with Gasteiger partial charge in [0.25, 0.3) is 5.91 Å². The maximum atomic E-state index is 12.4. The first-order valence-corrected chi connectivity index (χ1v) is 9.31. The second-order valence-electron chi connectivity index (χ2n) is 5.72. The first kappa shape index (κ1) is 20.5. The molecule has 1 unspecified atom stereocenters. The Morgan fingerprint density at radius 1 is 1.00 bits per heavy atom. The molecule has 0 saturated carbocycles. The molecule has 0 aliphatic heterocycles. The molecule has 2 N–H and O–H groups in total. The van der Waals surface area contributed by atoms with Crippen molar-refractivity contribution in [3.05, 3.63) is 65.7 Å². The Labute approximate surface area is 162 Å². The van der Waals surface area contributed by atoms with Gasteiger partial charge >= 0.3 is 5.97 Å². The maximum absolute atomic E-state index is 12.4. The third-order valence-corrected chi connectivity index (χ3v) is 4.87. The highest BCUT2D eigenvalue weighted by molar-refractivity contribution is 8.00. The van der Waals surface area contributed by atoms with E-state index in [-0.39, 0.29) is 24.3 Å². The van der Waals surface area contributed by atoms with Crippen LogP contribution in [0.3, 0.4) is 0 Å². The molecule has 1 atom stereocenters. The molecule has 0 saturated heterocycles. The van der Waals surface area contributed by atoms with Crippen molar-refractivity contribution >= 4 is 29.5 Å². The van der Waals surface area contributed by atoms with Gasteiger partial charge in [0.15, 0.2) is 0 Å². The fourth-order valence-corrected chi connectivity index (χ4v) is 3.29. The van der Waals surface area contributed by atoms with Gasteiger partial charge in [-0.05, 0) is 24.6 Å². The number of carbonyl (C=O) groups is 3. The Hall–Kier alpha value is -2.80. The van der Waals surface area contributed by atoms with E-state index >= 15 is 0 Å². The molecule has 0 fully saturated rings. The van der Waals surface area contributed by atoms with Gasteiger partial charge in [-0.3, -0.25) is 14.4 Å². The monoisotopic (exact) mass is 386 g/mol. The summed E-state index contributed by atoms with van der Waals surface area (Å²) >= 11 is 1.24. The molecule has 0 heterocycles. The summed E-state index contributed by atoms with van der Waals surface area (Å²) in [4.78, 5) is 36.7. The molecule has 2 amide bonds. The number of methoxy groups -OCH3 is 1. The Bertz CT molecular complexity index is 796. The molecule has 2 aromatic rings. The highest BCUT2D eigenvalue weighted by Gasteiger charge is 2.19. The van der Waals surface area contributed by atoms with Crippen LogP contribution in [0, 0.1) is 0 Å². The predicted molar refractivity (Wildman–Crippen MR) is 104 cm³/mol. The van der Waals surface area contributed by atoms with Crippen molar-refractivity contribution in [2.24, 2.45) is 0 Å². The Morgan fingerprint density at radius 2 is 1.67 bits per heavy atom. The summed E-state index contributed by atoms with van der Waals surface area (Å²) in [5.41, 5.74) is 1.39. The highest BCUT2D eigenvalue weighted by atomic mass is 32.2. The normalized spacial score (nSPS) is 11.3. The minimum Gasteiger partial charge on any atom is -0.468 e. The van der Waals surface area contributed by atoms with Gasteiger partial charge in [0.1, 0.15) is 5.25 Å². The number of amides is 2. The van der Waals surface area contributed by atoms with Crippen molar-refractivity contribution in [3.8, 4) is 0 Å². The molecule has 0 aliphatic rings. The number of thioether (sulfide) groups is 1. The van der Waals surface area contributed by atoms with E-state index in [2.05, 4.69) is 10.6 Å². The zero-order chi connectivity index (χ0) is 19.6. The third kappa shape index (κ3) is 6.45. The largest absolute Gasteiger partial charge is 0.468 e. The average molecular weight is 386 g/mol. The lowest BCUT2D eigenvalue weighted by Gasteiger charge is -2.13. The van der Waals surface area contributed by atoms with Gasteiger partial charge in [0.2, 0.25) is 5.91 Å². The van der Waals surface area contributed by atoms with E-state index in [0.29, 0.717) is 17.0 Å². The molecular formula is C20H22N2O4S. The average Bonchev–Trinajstić information content (AvgIpc) is 2.70. The summed E-state index contributed by atoms with van der Waals surface area (Å²) in [7, 11) is 1.33. The summed E-state index contributed by atoms with van der Waals surface area (Å²) in [5, 5.41) is 4.92. The molecule has 2 aromatic carbocycles. The Morgan fingerprint density at radius 3 is 2.37 bits per heavy atom. The van der Waals surface area contributed by atoms with Gasteiger partial charge in [-0.2, -0.15) is 0 Å². The molecule has 0 aromatic heterocycles. The minimum atomic E-state index is -0.446. The van der Waals surface area contributed by atoms with E-state index in [1.807, 2.05) is 30.3 Å². The number of hydrogen-bond acceptors (Lipinski definition) is 5. The van der Waals surface area contributed by atoms with Crippen LogP contribution in [-0.4, -0.2) is 36.7 Å². The summed E-state index contributed by atoms with van der Waals surface area (Å²) in [6.45, 7) is 1.98. The van der Waals surface area contributed by atoms with Crippen molar-refractivity contribution in [3.63, 3.8) is 0 Å². The van der Waals surface area contributed by atoms with Crippen molar-refractivity contribution < 1.29 is 19.1 Å². The van der Waals surface area contributed by atoms with Crippen LogP contribution in [0.4, 0.5) is 0 Å². The minimum absolute atomic E-state index is 0.128. The highest BCUT2D eigenvalue weighted by Crippen LogP contribution is 2.27. The second kappa shape index (κ2) is 10.4. The van der Waals surface area contributed by atoms with E-state index in [4.69, 9.17) is 4.74 Å². The second-order valence-corrected chi connectivity index (χ2v) is 7.11. The van der Waals surface area contributed by atoms with Crippen LogP contribution >= 0.6 is 11.8 Å². The van der Waals surface area contributed by atoms with E-state index in [9.17, 15) is 14.4 Å². The smallest absolute Gasteiger partial charge is 0.318 e. The van der Waals surface area contributed by atoms with E-state index < -0.39 is 5.25 Å². The van der Waals surface area contributed by atoms with Crippen molar-refractivity contribution in [2.75, 3.05) is 13.7 Å². The predicted octanol–water partition coefficient (Wildman–Crippen LogP) is 2.39.